The van der Waals surface area contributed by atoms with Gasteiger partial charge in [-0.1, -0.05) is 33.3 Å². The molecule has 22 heavy (non-hydrogen) atoms. The van der Waals surface area contributed by atoms with E-state index in [0.717, 1.165) is 29.6 Å². The lowest BCUT2D eigenvalue weighted by molar-refractivity contribution is -0.121. The van der Waals surface area contributed by atoms with Gasteiger partial charge in [-0.3, -0.25) is 0 Å². The number of hydrogen-bond acceptors (Lipinski definition) is 0. The van der Waals surface area contributed by atoms with E-state index in [1.54, 1.807) is 0 Å². The van der Waals surface area contributed by atoms with Gasteiger partial charge in [0, 0.05) is 0 Å². The van der Waals surface area contributed by atoms with E-state index in [2.05, 4.69) is 32.2 Å². The maximum atomic E-state index is 3.91. The lowest BCUT2D eigenvalue weighted by Gasteiger charge is -2.62. The first-order chi connectivity index (χ1) is 10.6. The Hall–Kier alpha value is -0.480. The molecule has 4 saturated carbocycles. The summed E-state index contributed by atoms with van der Waals surface area (Å²) in [5.41, 5.74) is 4.42. The van der Waals surface area contributed by atoms with Crippen LogP contribution in [0, 0.1) is 40.4 Å². The second kappa shape index (κ2) is 5.27. The molecule has 4 rings (SSSR count). The van der Waals surface area contributed by atoms with Crippen molar-refractivity contribution in [2.45, 2.75) is 78.1 Å². The molecule has 0 N–H and O–H groups in total. The van der Waals surface area contributed by atoms with Crippen molar-refractivity contribution < 1.29 is 0 Å². The molecular formula is C22H34. The third-order valence-corrected chi connectivity index (χ3v) is 8.93. The Kier molecular flexibility index (Phi) is 3.61. The van der Waals surface area contributed by atoms with E-state index in [4.69, 9.17) is 0 Å². The molecule has 0 amide bonds. The summed E-state index contributed by atoms with van der Waals surface area (Å²) in [6.45, 7) is 9.20. The van der Waals surface area contributed by atoms with Gasteiger partial charge in [0.15, 0.2) is 0 Å². The van der Waals surface area contributed by atoms with Gasteiger partial charge in [-0.05, 0) is 97.9 Å². The summed E-state index contributed by atoms with van der Waals surface area (Å²) in [4.78, 5) is 0. The average Bonchev–Trinajstić information content (AvgIpc) is 2.90. The molecule has 2 unspecified atom stereocenters. The van der Waals surface area contributed by atoms with Gasteiger partial charge < -0.3 is 0 Å². The second-order valence-electron chi connectivity index (χ2n) is 9.51. The lowest BCUT2D eigenvalue weighted by Crippen LogP contribution is -2.54. The second-order valence-corrected chi connectivity index (χ2v) is 9.51. The highest BCUT2D eigenvalue weighted by molar-refractivity contribution is 5.11. The largest absolute Gasteiger partial charge is 0.133 e. The van der Waals surface area contributed by atoms with Crippen molar-refractivity contribution in [2.75, 3.05) is 0 Å². The molecule has 0 bridgehead atoms. The smallest absolute Gasteiger partial charge is 0.00983 e. The first kappa shape index (κ1) is 15.1. The number of fused-ring (bicyclic) bond motifs is 5. The topological polar surface area (TPSA) is 0 Å². The zero-order valence-electron chi connectivity index (χ0n) is 14.7. The van der Waals surface area contributed by atoms with Crippen LogP contribution in [0.15, 0.2) is 18.4 Å². The van der Waals surface area contributed by atoms with Crippen molar-refractivity contribution in [3.63, 3.8) is 0 Å². The van der Waals surface area contributed by atoms with Crippen LogP contribution in [0.4, 0.5) is 0 Å². The molecule has 4 aliphatic rings. The Balaban J connectivity index is 1.70. The molecule has 4 fully saturated rings. The van der Waals surface area contributed by atoms with Crippen molar-refractivity contribution >= 4 is 0 Å². The molecule has 7 atom stereocenters. The van der Waals surface area contributed by atoms with Crippen LogP contribution in [0.25, 0.3) is 0 Å². The molecule has 0 heteroatoms. The summed E-state index contributed by atoms with van der Waals surface area (Å²) in [6.07, 6.45) is 17.3. The third kappa shape index (κ3) is 1.96. The Morgan fingerprint density at radius 3 is 2.59 bits per heavy atom. The van der Waals surface area contributed by atoms with E-state index in [1.165, 1.54) is 64.2 Å². The first-order valence-electron chi connectivity index (χ1n) is 9.95. The number of allylic oxidation sites excluding steroid dienone is 1. The lowest BCUT2D eigenvalue weighted by atomic mass is 9.43. The van der Waals surface area contributed by atoms with E-state index in [0.29, 0.717) is 10.8 Å². The van der Waals surface area contributed by atoms with Crippen LogP contribution in [0.1, 0.15) is 78.1 Å². The van der Waals surface area contributed by atoms with Crippen LogP contribution in [-0.4, -0.2) is 0 Å². The summed E-state index contributed by atoms with van der Waals surface area (Å²) in [7, 11) is 0. The molecule has 0 aliphatic heterocycles. The molecule has 0 aromatic rings. The Labute approximate surface area is 137 Å². The van der Waals surface area contributed by atoms with E-state index in [9.17, 15) is 0 Å². The Morgan fingerprint density at radius 1 is 0.909 bits per heavy atom. The quantitative estimate of drug-likeness (QED) is 0.493. The van der Waals surface area contributed by atoms with Crippen molar-refractivity contribution in [3.8, 4) is 0 Å². The Bertz CT molecular complexity index is 484. The maximum Gasteiger partial charge on any atom is -0.00983 e. The van der Waals surface area contributed by atoms with Crippen LogP contribution >= 0.6 is 0 Å². The van der Waals surface area contributed by atoms with Gasteiger partial charge in [-0.25, -0.2) is 0 Å². The van der Waals surface area contributed by atoms with Crippen molar-refractivity contribution in [1.82, 2.24) is 0 Å². The highest BCUT2D eigenvalue weighted by Gasteiger charge is 2.59. The van der Waals surface area contributed by atoms with Crippen molar-refractivity contribution in [3.05, 3.63) is 18.4 Å². The fraction of sp³-hybridized carbons (Fsp3) is 0.864. The minimum Gasteiger partial charge on any atom is -0.133 e. The van der Waals surface area contributed by atoms with Gasteiger partial charge in [-0.2, -0.15) is 0 Å². The predicted molar refractivity (Wildman–Crippen MR) is 93.5 cm³/mol. The van der Waals surface area contributed by atoms with E-state index in [-0.39, 0.29) is 0 Å². The highest BCUT2D eigenvalue weighted by Crippen LogP contribution is 2.67. The summed E-state index contributed by atoms with van der Waals surface area (Å²) in [6, 6.07) is 0. The third-order valence-electron chi connectivity index (χ3n) is 8.93. The van der Waals surface area contributed by atoms with Crippen LogP contribution in [0.5, 0.6) is 0 Å². The SMILES string of the molecule is C=C=CC1CCCC2CC[C@H]3[C@@H]4CCC[C@@]4(C)CC[C@@H]3[C@@]12C. The van der Waals surface area contributed by atoms with Gasteiger partial charge >= 0.3 is 0 Å². The monoisotopic (exact) mass is 298 g/mol. The molecule has 0 radical (unpaired) electrons. The molecule has 4 aliphatic carbocycles. The van der Waals surface area contributed by atoms with Crippen LogP contribution in [0.3, 0.4) is 0 Å². The van der Waals surface area contributed by atoms with Crippen LogP contribution in [0.2, 0.25) is 0 Å². The zero-order valence-corrected chi connectivity index (χ0v) is 14.7. The van der Waals surface area contributed by atoms with E-state index in [1.807, 2.05) is 0 Å². The van der Waals surface area contributed by atoms with Gasteiger partial charge in [0.05, 0.1) is 0 Å². The van der Waals surface area contributed by atoms with E-state index >= 15 is 0 Å². The molecule has 0 spiro atoms. The summed E-state index contributed by atoms with van der Waals surface area (Å²) >= 11 is 0. The Morgan fingerprint density at radius 2 is 1.77 bits per heavy atom. The molecule has 0 aromatic carbocycles. The fourth-order valence-corrected chi connectivity index (χ4v) is 7.80. The molecule has 0 aromatic heterocycles. The number of rotatable bonds is 1. The maximum absolute atomic E-state index is 3.91. The van der Waals surface area contributed by atoms with Gasteiger partial charge in [0.1, 0.15) is 0 Å². The van der Waals surface area contributed by atoms with E-state index < -0.39 is 0 Å². The van der Waals surface area contributed by atoms with Crippen LogP contribution in [-0.2, 0) is 0 Å². The van der Waals surface area contributed by atoms with Crippen molar-refractivity contribution in [1.29, 1.82) is 0 Å². The fourth-order valence-electron chi connectivity index (χ4n) is 7.80. The highest BCUT2D eigenvalue weighted by atomic mass is 14.6. The van der Waals surface area contributed by atoms with Crippen molar-refractivity contribution in [2.24, 2.45) is 40.4 Å². The van der Waals surface area contributed by atoms with Crippen LogP contribution < -0.4 is 0 Å². The van der Waals surface area contributed by atoms with Gasteiger partial charge in [-0.15, -0.1) is 5.73 Å². The normalized spacial score (nSPS) is 53.8. The first-order valence-corrected chi connectivity index (χ1v) is 9.95. The minimum absolute atomic E-state index is 0.551. The molecule has 0 saturated heterocycles. The summed E-state index contributed by atoms with van der Waals surface area (Å²) < 4.78 is 0. The molecule has 0 heterocycles. The zero-order chi connectivity index (χ0) is 15.4. The van der Waals surface area contributed by atoms with Gasteiger partial charge in [0.2, 0.25) is 0 Å². The predicted octanol–water partition coefficient (Wildman–Crippen LogP) is 6.38. The van der Waals surface area contributed by atoms with Gasteiger partial charge in [0.25, 0.3) is 0 Å². The molecule has 122 valence electrons. The summed E-state index contributed by atoms with van der Waals surface area (Å²) in [5, 5.41) is 0. The molecular weight excluding hydrogens is 264 g/mol. The molecule has 0 nitrogen and oxygen atoms in total. The average molecular weight is 299 g/mol. The minimum atomic E-state index is 0.551. The number of hydrogen-bond donors (Lipinski definition) is 0. The summed E-state index contributed by atoms with van der Waals surface area (Å²) in [5.74, 6) is 4.78. The standard InChI is InChI=1S/C22H34/c1-4-7-16-8-5-9-17-11-12-18-19-10-6-14-21(19,2)15-13-20(18)22(16,17)3/h7,16-20H,1,5-6,8-15H2,2-3H3/t16?,17?,18-,19-,20-,21-,22-/m0/s1.